The van der Waals surface area contributed by atoms with E-state index in [1.807, 2.05) is 17.4 Å². The number of hydrogen-bond acceptors (Lipinski definition) is 5. The predicted octanol–water partition coefficient (Wildman–Crippen LogP) is 0.229. The Kier molecular flexibility index (Phi) is 4.51. The van der Waals surface area contributed by atoms with Crippen LogP contribution in [0.3, 0.4) is 0 Å². The lowest BCUT2D eigenvalue weighted by Gasteiger charge is -2.13. The van der Waals surface area contributed by atoms with Crippen molar-refractivity contribution in [1.82, 2.24) is 10.3 Å². The van der Waals surface area contributed by atoms with E-state index in [-0.39, 0.29) is 5.76 Å². The lowest BCUT2D eigenvalue weighted by atomic mass is 10.2. The molecule has 1 amide bonds. The molecule has 16 heavy (non-hydrogen) atoms. The maximum absolute atomic E-state index is 11.3. The van der Waals surface area contributed by atoms with Crippen LogP contribution in [-0.2, 0) is 6.54 Å². The first kappa shape index (κ1) is 12.2. The van der Waals surface area contributed by atoms with E-state index in [2.05, 4.69) is 6.07 Å². The summed E-state index contributed by atoms with van der Waals surface area (Å²) in [4.78, 5) is 13.2. The highest BCUT2D eigenvalue weighted by atomic mass is 16.3. The number of carbonyl (C=O) groups is 1. The van der Waals surface area contributed by atoms with Crippen LogP contribution in [0.5, 0.6) is 0 Å². The van der Waals surface area contributed by atoms with Crippen LogP contribution in [0.4, 0.5) is 0 Å². The van der Waals surface area contributed by atoms with Crippen molar-refractivity contribution in [3.63, 3.8) is 0 Å². The van der Waals surface area contributed by atoms with Gasteiger partial charge in [0.2, 0.25) is 0 Å². The molecule has 0 aromatic carbocycles. The minimum atomic E-state index is -0.450. The smallest absolute Gasteiger partial charge is 0.301 e. The number of furan rings is 1. The van der Waals surface area contributed by atoms with Crippen molar-refractivity contribution in [3.05, 3.63) is 23.7 Å². The van der Waals surface area contributed by atoms with Crippen LogP contribution in [0.15, 0.2) is 16.7 Å². The molecule has 1 aromatic rings. The molecule has 0 atom stereocenters. The maximum atomic E-state index is 11.3. The Morgan fingerprint density at radius 2 is 2.50 bits per heavy atom. The lowest BCUT2D eigenvalue weighted by Crippen LogP contribution is -2.31. The van der Waals surface area contributed by atoms with Crippen molar-refractivity contribution in [1.29, 1.82) is 5.26 Å². The summed E-state index contributed by atoms with van der Waals surface area (Å²) in [5, 5.41) is 8.45. The van der Waals surface area contributed by atoms with Crippen LogP contribution in [0.25, 0.3) is 0 Å². The van der Waals surface area contributed by atoms with E-state index in [4.69, 9.17) is 15.5 Å². The molecule has 0 bridgehead atoms. The Balaban J connectivity index is 2.63. The van der Waals surface area contributed by atoms with E-state index in [1.165, 1.54) is 6.26 Å². The topological polar surface area (TPSA) is 95.3 Å². The largest absolute Gasteiger partial charge is 0.459 e. The highest BCUT2D eigenvalue weighted by molar-refractivity contribution is 5.92. The number of nitrogens with zero attached hydrogens (tertiary/aromatic N) is 2. The number of carbonyl (C=O) groups excluding carboxylic acids is 1. The molecule has 1 aromatic heterocycles. The van der Waals surface area contributed by atoms with Crippen LogP contribution in [0, 0.1) is 11.3 Å². The average molecular weight is 222 g/mol. The SMILES string of the molecule is CN(CCC#N)Cc1ccoc1C(=O)NN. The molecule has 1 heterocycles. The number of rotatable bonds is 5. The fraction of sp³-hybridized carbons (Fsp3) is 0.400. The van der Waals surface area contributed by atoms with Gasteiger partial charge in [-0.3, -0.25) is 10.2 Å². The number of nitrogen functional groups attached to an aromatic ring is 1. The van der Waals surface area contributed by atoms with Crippen molar-refractivity contribution < 1.29 is 9.21 Å². The quantitative estimate of drug-likeness (QED) is 0.422. The van der Waals surface area contributed by atoms with Gasteiger partial charge in [-0.2, -0.15) is 5.26 Å². The monoisotopic (exact) mass is 222 g/mol. The third-order valence-corrected chi connectivity index (χ3v) is 2.13. The van der Waals surface area contributed by atoms with Crippen LogP contribution in [0.2, 0.25) is 0 Å². The molecule has 1 rings (SSSR count). The third-order valence-electron chi connectivity index (χ3n) is 2.13. The van der Waals surface area contributed by atoms with Crippen molar-refractivity contribution in [2.24, 2.45) is 5.84 Å². The molecule has 0 radical (unpaired) electrons. The van der Waals surface area contributed by atoms with Gasteiger partial charge in [0, 0.05) is 25.1 Å². The van der Waals surface area contributed by atoms with Crippen LogP contribution in [-0.4, -0.2) is 24.4 Å². The first-order valence-corrected chi connectivity index (χ1v) is 4.82. The molecule has 0 unspecified atom stereocenters. The normalized spacial score (nSPS) is 10.1. The van der Waals surface area contributed by atoms with Gasteiger partial charge in [0.15, 0.2) is 5.76 Å². The van der Waals surface area contributed by atoms with Crippen LogP contribution < -0.4 is 11.3 Å². The van der Waals surface area contributed by atoms with Crippen molar-refractivity contribution in [2.75, 3.05) is 13.6 Å². The van der Waals surface area contributed by atoms with Gasteiger partial charge >= 0.3 is 5.91 Å². The van der Waals surface area contributed by atoms with Gasteiger partial charge < -0.3 is 9.32 Å². The third kappa shape index (κ3) is 3.08. The fourth-order valence-electron chi connectivity index (χ4n) is 1.34. The van der Waals surface area contributed by atoms with Crippen molar-refractivity contribution in [3.8, 4) is 6.07 Å². The zero-order chi connectivity index (χ0) is 12.0. The van der Waals surface area contributed by atoms with Crippen molar-refractivity contribution >= 4 is 5.91 Å². The number of nitriles is 1. The predicted molar refractivity (Wildman–Crippen MR) is 56.9 cm³/mol. The van der Waals surface area contributed by atoms with Gasteiger partial charge in [-0.25, -0.2) is 5.84 Å². The van der Waals surface area contributed by atoms with Crippen LogP contribution in [0.1, 0.15) is 22.5 Å². The van der Waals surface area contributed by atoms with E-state index in [0.717, 1.165) is 5.56 Å². The molecule has 86 valence electrons. The highest BCUT2D eigenvalue weighted by Crippen LogP contribution is 2.12. The van der Waals surface area contributed by atoms with Gasteiger partial charge in [0.25, 0.3) is 0 Å². The Labute approximate surface area is 93.6 Å². The molecule has 0 spiro atoms. The summed E-state index contributed by atoms with van der Waals surface area (Å²) in [6.45, 7) is 1.19. The number of nitrogens with two attached hydrogens (primary N) is 1. The second kappa shape index (κ2) is 5.90. The second-order valence-electron chi connectivity index (χ2n) is 3.39. The summed E-state index contributed by atoms with van der Waals surface area (Å²) < 4.78 is 5.04. The lowest BCUT2D eigenvalue weighted by molar-refractivity contribution is 0.0923. The van der Waals surface area contributed by atoms with Gasteiger partial charge in [0.1, 0.15) is 0 Å². The summed E-state index contributed by atoms with van der Waals surface area (Å²) >= 11 is 0. The van der Waals surface area contributed by atoms with E-state index < -0.39 is 5.91 Å². The molecule has 3 N–H and O–H groups in total. The summed E-state index contributed by atoms with van der Waals surface area (Å²) in [5.41, 5.74) is 2.77. The number of nitrogens with one attached hydrogen (secondary N) is 1. The summed E-state index contributed by atoms with van der Waals surface area (Å²) in [5.74, 6) is 4.79. The van der Waals surface area contributed by atoms with Gasteiger partial charge in [0.05, 0.1) is 12.3 Å². The fourth-order valence-corrected chi connectivity index (χ4v) is 1.34. The van der Waals surface area contributed by atoms with E-state index >= 15 is 0 Å². The molecule has 6 heteroatoms. The Morgan fingerprint density at radius 3 is 3.12 bits per heavy atom. The second-order valence-corrected chi connectivity index (χ2v) is 3.39. The molecule has 0 fully saturated rings. The molecule has 0 aliphatic rings. The first-order chi connectivity index (χ1) is 7.69. The Hall–Kier alpha value is -1.84. The standard InChI is InChI=1S/C10H14N4O2/c1-14(5-2-4-11)7-8-3-6-16-9(8)10(15)13-12/h3,6H,2,5,7,12H2,1H3,(H,13,15). The molecule has 0 saturated heterocycles. The maximum Gasteiger partial charge on any atom is 0.301 e. The van der Waals surface area contributed by atoms with E-state index in [1.54, 1.807) is 6.07 Å². The summed E-state index contributed by atoms with van der Waals surface area (Å²) in [6, 6.07) is 3.78. The van der Waals surface area contributed by atoms with E-state index in [9.17, 15) is 4.79 Å². The van der Waals surface area contributed by atoms with Gasteiger partial charge in [-0.15, -0.1) is 0 Å². The molecule has 6 nitrogen and oxygen atoms in total. The molecule has 0 aliphatic carbocycles. The summed E-state index contributed by atoms with van der Waals surface area (Å²) in [7, 11) is 1.87. The Bertz CT molecular complexity index is 394. The highest BCUT2D eigenvalue weighted by Gasteiger charge is 2.15. The zero-order valence-electron chi connectivity index (χ0n) is 9.06. The van der Waals surface area contributed by atoms with Crippen LogP contribution >= 0.6 is 0 Å². The molecule has 0 saturated carbocycles. The van der Waals surface area contributed by atoms with Gasteiger partial charge in [-0.1, -0.05) is 0 Å². The minimum absolute atomic E-state index is 0.214. The minimum Gasteiger partial charge on any atom is -0.459 e. The van der Waals surface area contributed by atoms with Crippen molar-refractivity contribution in [2.45, 2.75) is 13.0 Å². The molecular formula is C10H14N4O2. The molecule has 0 aliphatic heterocycles. The summed E-state index contributed by atoms with van der Waals surface area (Å²) in [6.07, 6.45) is 1.89. The molecular weight excluding hydrogens is 208 g/mol. The van der Waals surface area contributed by atoms with E-state index in [0.29, 0.717) is 19.5 Å². The zero-order valence-corrected chi connectivity index (χ0v) is 9.06. The number of amides is 1. The Morgan fingerprint density at radius 1 is 1.75 bits per heavy atom. The van der Waals surface area contributed by atoms with Gasteiger partial charge in [-0.05, 0) is 13.1 Å². The first-order valence-electron chi connectivity index (χ1n) is 4.82. The number of hydrazine groups is 1. The average Bonchev–Trinajstić information content (AvgIpc) is 2.73. The number of hydrogen-bond donors (Lipinski definition) is 2.